The largest absolute Gasteiger partial charge is 0.467 e. The molecule has 9 heteroatoms. The summed E-state index contributed by atoms with van der Waals surface area (Å²) in [6.07, 6.45) is 0.550. The molecular formula is C18H26FN3O4S. The summed E-state index contributed by atoms with van der Waals surface area (Å²) in [5, 5.41) is 3.25. The molecule has 27 heavy (non-hydrogen) atoms. The van der Waals surface area contributed by atoms with Crippen molar-refractivity contribution in [2.45, 2.75) is 31.6 Å². The summed E-state index contributed by atoms with van der Waals surface area (Å²) in [5.74, 6) is 1.12. The highest BCUT2D eigenvalue weighted by molar-refractivity contribution is 7.92. The minimum atomic E-state index is -3.11. The van der Waals surface area contributed by atoms with E-state index in [0.717, 1.165) is 5.56 Å². The lowest BCUT2D eigenvalue weighted by Crippen LogP contribution is -2.57. The number of nitrogens with zero attached hydrogens (tertiary/aromatic N) is 2. The molecule has 150 valence electrons. The van der Waals surface area contributed by atoms with E-state index in [1.54, 1.807) is 20.9 Å². The predicted molar refractivity (Wildman–Crippen MR) is 101 cm³/mol. The maximum atomic E-state index is 13.8. The molecule has 7 nitrogen and oxygen atoms in total. The molecule has 1 N–H and O–H groups in total. The van der Waals surface area contributed by atoms with Gasteiger partial charge in [-0.2, -0.15) is 0 Å². The first-order valence-corrected chi connectivity index (χ1v) is 10.6. The maximum absolute atomic E-state index is 13.8. The van der Waals surface area contributed by atoms with Crippen LogP contribution in [0.15, 0.2) is 17.1 Å². The molecule has 1 fully saturated rings. The first-order chi connectivity index (χ1) is 12.7. The van der Waals surface area contributed by atoms with Crippen LogP contribution in [0, 0.1) is 5.82 Å². The number of aliphatic imine (C=N–C) groups is 1. The fourth-order valence-corrected chi connectivity index (χ4v) is 4.77. The number of sulfone groups is 1. The van der Waals surface area contributed by atoms with E-state index in [9.17, 15) is 12.8 Å². The molecule has 0 bridgehead atoms. The second kappa shape index (κ2) is 7.63. The number of guanidine groups is 1. The average Bonchev–Trinajstić information content (AvgIpc) is 2.61. The minimum Gasteiger partial charge on any atom is -0.467 e. The third kappa shape index (κ3) is 4.19. The summed E-state index contributed by atoms with van der Waals surface area (Å²) < 4.78 is 48.1. The van der Waals surface area contributed by atoms with Crippen LogP contribution in [-0.2, 0) is 27.6 Å². The van der Waals surface area contributed by atoms with Crippen molar-refractivity contribution in [1.82, 2.24) is 10.2 Å². The molecule has 1 saturated heterocycles. The molecule has 2 aliphatic heterocycles. The number of benzene rings is 1. The highest BCUT2D eigenvalue weighted by Gasteiger charge is 2.40. The summed E-state index contributed by atoms with van der Waals surface area (Å²) in [5.41, 5.74) is 1.49. The summed E-state index contributed by atoms with van der Waals surface area (Å²) in [4.78, 5) is 6.22. The molecule has 0 aromatic heterocycles. The lowest BCUT2D eigenvalue weighted by atomic mass is 10.1. The van der Waals surface area contributed by atoms with E-state index in [2.05, 4.69) is 10.3 Å². The number of hydrogen-bond acceptors (Lipinski definition) is 5. The molecule has 0 radical (unpaired) electrons. The van der Waals surface area contributed by atoms with Gasteiger partial charge in [-0.3, -0.25) is 4.99 Å². The van der Waals surface area contributed by atoms with Crippen LogP contribution in [0.3, 0.4) is 0 Å². The monoisotopic (exact) mass is 399 g/mol. The fourth-order valence-electron chi connectivity index (χ4n) is 3.41. The second-order valence-electron chi connectivity index (χ2n) is 7.39. The van der Waals surface area contributed by atoms with Crippen molar-refractivity contribution < 1.29 is 22.3 Å². The molecule has 0 saturated carbocycles. The Bertz CT molecular complexity index is 839. The molecule has 2 aliphatic rings. The third-order valence-corrected chi connectivity index (χ3v) is 7.52. The number of ether oxygens (including phenoxy) is 2. The van der Waals surface area contributed by atoms with Crippen molar-refractivity contribution in [3.8, 4) is 5.75 Å². The highest BCUT2D eigenvalue weighted by atomic mass is 32.2. The van der Waals surface area contributed by atoms with E-state index in [1.807, 2.05) is 4.90 Å². The van der Waals surface area contributed by atoms with E-state index < -0.39 is 14.6 Å². The predicted octanol–water partition coefficient (Wildman–Crippen LogP) is 1.32. The van der Waals surface area contributed by atoms with E-state index in [1.165, 1.54) is 12.1 Å². The van der Waals surface area contributed by atoms with Crippen LogP contribution in [0.2, 0.25) is 0 Å². The zero-order valence-electron chi connectivity index (χ0n) is 15.9. The van der Waals surface area contributed by atoms with Gasteiger partial charge in [-0.1, -0.05) is 0 Å². The van der Waals surface area contributed by atoms with Gasteiger partial charge in [-0.25, -0.2) is 12.8 Å². The number of fused-ring (bicyclic) bond motifs is 1. The van der Waals surface area contributed by atoms with Gasteiger partial charge in [-0.15, -0.1) is 0 Å². The van der Waals surface area contributed by atoms with Gasteiger partial charge in [-0.05, 0) is 38.0 Å². The van der Waals surface area contributed by atoms with Crippen LogP contribution in [-0.4, -0.2) is 63.3 Å². The van der Waals surface area contributed by atoms with Crippen molar-refractivity contribution in [2.75, 3.05) is 39.2 Å². The fraction of sp³-hybridized carbons (Fsp3) is 0.611. The van der Waals surface area contributed by atoms with Crippen molar-refractivity contribution in [3.05, 3.63) is 29.1 Å². The van der Waals surface area contributed by atoms with Gasteiger partial charge < -0.3 is 19.7 Å². The molecule has 0 aliphatic carbocycles. The topological polar surface area (TPSA) is 80.2 Å². The molecule has 0 amide bonds. The van der Waals surface area contributed by atoms with Crippen LogP contribution < -0.4 is 10.1 Å². The third-order valence-electron chi connectivity index (χ3n) is 4.98. The van der Waals surface area contributed by atoms with Crippen molar-refractivity contribution in [2.24, 2.45) is 4.99 Å². The summed E-state index contributed by atoms with van der Waals surface area (Å²) in [6, 6.07) is 2.91. The van der Waals surface area contributed by atoms with E-state index >= 15 is 0 Å². The Balaban J connectivity index is 1.64. The molecule has 0 unspecified atom stereocenters. The quantitative estimate of drug-likeness (QED) is 0.610. The number of nitrogens with one attached hydrogen (secondary N) is 1. The van der Waals surface area contributed by atoms with Crippen LogP contribution in [0.5, 0.6) is 5.75 Å². The van der Waals surface area contributed by atoms with Gasteiger partial charge in [0.2, 0.25) is 0 Å². The summed E-state index contributed by atoms with van der Waals surface area (Å²) in [6.45, 7) is 5.29. The smallest absolute Gasteiger partial charge is 0.193 e. The standard InChI is InChI=1S/C18H26FN3O4S/c1-18(2)11-22(6-7-27(18,23)24)17(20-3)21-5-4-13-8-15(19)9-14-10-25-12-26-16(13)14/h8-9H,4-7,10-12H2,1-3H3,(H,20,21). The number of halogens is 1. The zero-order valence-corrected chi connectivity index (χ0v) is 16.7. The van der Waals surface area contributed by atoms with Crippen molar-refractivity contribution >= 4 is 15.8 Å². The van der Waals surface area contributed by atoms with Gasteiger partial charge in [0.25, 0.3) is 0 Å². The zero-order chi connectivity index (χ0) is 19.7. The second-order valence-corrected chi connectivity index (χ2v) is 10.1. The van der Waals surface area contributed by atoms with Gasteiger partial charge in [0, 0.05) is 32.2 Å². The normalized spacial score (nSPS) is 21.3. The van der Waals surface area contributed by atoms with Gasteiger partial charge in [0.15, 0.2) is 22.6 Å². The molecular weight excluding hydrogens is 373 g/mol. The first kappa shape index (κ1) is 19.9. The van der Waals surface area contributed by atoms with Crippen LogP contribution >= 0.6 is 0 Å². The number of rotatable bonds is 3. The van der Waals surface area contributed by atoms with Crippen molar-refractivity contribution in [1.29, 1.82) is 0 Å². The van der Waals surface area contributed by atoms with Gasteiger partial charge in [0.05, 0.1) is 17.1 Å². The van der Waals surface area contributed by atoms with Crippen LogP contribution in [0.1, 0.15) is 25.0 Å². The lowest BCUT2D eigenvalue weighted by Gasteiger charge is -2.39. The SMILES string of the molecule is CN=C(NCCc1cc(F)cc2c1OCOC2)N1CCS(=O)(=O)C(C)(C)C1. The Labute approximate surface area is 159 Å². The molecule has 0 atom stereocenters. The van der Waals surface area contributed by atoms with Gasteiger partial charge in [0.1, 0.15) is 11.6 Å². The Morgan fingerprint density at radius 3 is 2.89 bits per heavy atom. The first-order valence-electron chi connectivity index (χ1n) is 8.93. The molecule has 3 rings (SSSR count). The number of hydrogen-bond donors (Lipinski definition) is 1. The molecule has 0 spiro atoms. The molecule has 1 aromatic carbocycles. The summed E-state index contributed by atoms with van der Waals surface area (Å²) >= 11 is 0. The Morgan fingerprint density at radius 1 is 1.41 bits per heavy atom. The highest BCUT2D eigenvalue weighted by Crippen LogP contribution is 2.29. The molecule has 1 aromatic rings. The van der Waals surface area contributed by atoms with Crippen molar-refractivity contribution in [3.63, 3.8) is 0 Å². The minimum absolute atomic E-state index is 0.103. The van der Waals surface area contributed by atoms with E-state index in [4.69, 9.17) is 9.47 Å². The van der Waals surface area contributed by atoms with Crippen LogP contribution in [0.25, 0.3) is 0 Å². The maximum Gasteiger partial charge on any atom is 0.193 e. The van der Waals surface area contributed by atoms with Gasteiger partial charge >= 0.3 is 0 Å². The Hall–Kier alpha value is -1.87. The summed E-state index contributed by atoms with van der Waals surface area (Å²) in [7, 11) is -1.44. The Morgan fingerprint density at radius 2 is 2.19 bits per heavy atom. The molecule has 2 heterocycles. The van der Waals surface area contributed by atoms with E-state index in [-0.39, 0.29) is 18.4 Å². The van der Waals surface area contributed by atoms with Crippen LogP contribution in [0.4, 0.5) is 4.39 Å². The lowest BCUT2D eigenvalue weighted by molar-refractivity contribution is -0.0172. The van der Waals surface area contributed by atoms with E-state index in [0.29, 0.717) is 49.9 Å². The average molecular weight is 399 g/mol. The Kier molecular flexibility index (Phi) is 5.62.